The van der Waals surface area contributed by atoms with E-state index in [9.17, 15) is 9.59 Å². The largest absolute Gasteiger partial charge is 0.339 e. The number of para-hydroxylation sites is 1. The molecule has 7 nitrogen and oxygen atoms in total. The quantitative estimate of drug-likeness (QED) is 0.524. The first kappa shape index (κ1) is 18.9. The summed E-state index contributed by atoms with van der Waals surface area (Å²) in [6.07, 6.45) is 0.767. The Morgan fingerprint density at radius 1 is 1.38 bits per heavy atom. The van der Waals surface area contributed by atoms with E-state index in [0.29, 0.717) is 34.6 Å². The molecule has 1 fully saturated rings. The van der Waals surface area contributed by atoms with Gasteiger partial charge in [0.05, 0.1) is 22.8 Å². The van der Waals surface area contributed by atoms with Crippen LogP contribution in [0.5, 0.6) is 0 Å². The fourth-order valence-corrected chi connectivity index (χ4v) is 3.78. The zero-order valence-corrected chi connectivity index (χ0v) is 16.1. The lowest BCUT2D eigenvalue weighted by atomic mass is 10.2. The maximum absolute atomic E-state index is 12.8. The highest BCUT2D eigenvalue weighted by molar-refractivity contribution is 7.99. The van der Waals surface area contributed by atoms with E-state index in [1.807, 2.05) is 18.2 Å². The fourth-order valence-electron chi connectivity index (χ4n) is 2.96. The summed E-state index contributed by atoms with van der Waals surface area (Å²) in [6.45, 7) is 6.75. The molecule has 1 saturated heterocycles. The molecule has 0 aliphatic carbocycles. The lowest BCUT2D eigenvalue weighted by Gasteiger charge is -2.15. The van der Waals surface area contributed by atoms with Gasteiger partial charge in [-0.2, -0.15) is 0 Å². The molecular formula is C18H25N5O2S. The van der Waals surface area contributed by atoms with Gasteiger partial charge in [0.15, 0.2) is 5.16 Å². The zero-order chi connectivity index (χ0) is 18.7. The van der Waals surface area contributed by atoms with Crippen molar-refractivity contribution < 1.29 is 4.79 Å². The minimum absolute atomic E-state index is 0.0531. The molecule has 2 heterocycles. The summed E-state index contributed by atoms with van der Waals surface area (Å²) < 4.78 is 1.68. The number of carbonyl (C=O) groups is 1. The predicted octanol–water partition coefficient (Wildman–Crippen LogP) is 1.47. The third-order valence-corrected chi connectivity index (χ3v) is 5.11. The maximum Gasteiger partial charge on any atom is 0.262 e. The second-order valence-electron chi connectivity index (χ2n) is 7.06. The topological polar surface area (TPSA) is 88.1 Å². The van der Waals surface area contributed by atoms with Gasteiger partial charge < -0.3 is 5.32 Å². The van der Waals surface area contributed by atoms with Gasteiger partial charge in [-0.3, -0.25) is 19.6 Å². The van der Waals surface area contributed by atoms with Crippen LogP contribution in [0.4, 0.5) is 0 Å². The van der Waals surface area contributed by atoms with Gasteiger partial charge in [-0.1, -0.05) is 37.7 Å². The molecule has 0 spiro atoms. The molecule has 1 amide bonds. The van der Waals surface area contributed by atoms with Crippen molar-refractivity contribution in [2.75, 3.05) is 5.75 Å². The number of amides is 1. The molecule has 2 aromatic rings. The van der Waals surface area contributed by atoms with Crippen LogP contribution in [0.15, 0.2) is 34.2 Å². The van der Waals surface area contributed by atoms with Crippen LogP contribution < -0.4 is 21.7 Å². The molecule has 0 radical (unpaired) electrons. The van der Waals surface area contributed by atoms with Crippen LogP contribution in [0.3, 0.4) is 0 Å². The number of nitrogens with one attached hydrogen (secondary N) is 3. The van der Waals surface area contributed by atoms with Gasteiger partial charge in [-0.05, 0) is 31.4 Å². The van der Waals surface area contributed by atoms with Crippen LogP contribution in [0, 0.1) is 5.92 Å². The van der Waals surface area contributed by atoms with Crippen LogP contribution in [0.2, 0.25) is 0 Å². The number of hydrazine groups is 1. The van der Waals surface area contributed by atoms with E-state index in [4.69, 9.17) is 0 Å². The van der Waals surface area contributed by atoms with E-state index >= 15 is 0 Å². The normalized spacial score (nSPS) is 20.0. The molecule has 1 aromatic heterocycles. The Hall–Kier alpha value is -1.90. The average Bonchev–Trinajstić information content (AvgIpc) is 3.00. The zero-order valence-electron chi connectivity index (χ0n) is 15.3. The number of carbonyl (C=O) groups excluding carboxylic acids is 1. The summed E-state index contributed by atoms with van der Waals surface area (Å²) in [4.78, 5) is 29.7. The number of hydrogen-bond acceptors (Lipinski definition) is 6. The van der Waals surface area contributed by atoms with Gasteiger partial charge in [0.25, 0.3) is 5.56 Å². The molecule has 8 heteroatoms. The Balaban J connectivity index is 1.77. The van der Waals surface area contributed by atoms with Crippen molar-refractivity contribution in [2.24, 2.45) is 5.92 Å². The number of rotatable bonds is 6. The highest BCUT2D eigenvalue weighted by atomic mass is 32.2. The number of hydrogen-bond donors (Lipinski definition) is 3. The minimum atomic E-state index is -0.0816. The second kappa shape index (κ2) is 8.20. The molecular weight excluding hydrogens is 350 g/mol. The first-order chi connectivity index (χ1) is 12.4. The average molecular weight is 375 g/mol. The number of fused-ring (bicyclic) bond motifs is 1. The van der Waals surface area contributed by atoms with E-state index in [2.05, 4.69) is 41.9 Å². The van der Waals surface area contributed by atoms with Gasteiger partial charge >= 0.3 is 0 Å². The Morgan fingerprint density at radius 2 is 2.15 bits per heavy atom. The third-order valence-electron chi connectivity index (χ3n) is 4.14. The van der Waals surface area contributed by atoms with Crippen molar-refractivity contribution in [2.45, 2.75) is 51.1 Å². The van der Waals surface area contributed by atoms with Crippen molar-refractivity contribution in [3.63, 3.8) is 0 Å². The van der Waals surface area contributed by atoms with Crippen molar-refractivity contribution in [1.29, 1.82) is 0 Å². The number of thioether (sulfide) groups is 1. The van der Waals surface area contributed by atoms with Gasteiger partial charge in [-0.25, -0.2) is 10.4 Å². The highest BCUT2D eigenvalue weighted by Crippen LogP contribution is 2.19. The van der Waals surface area contributed by atoms with Gasteiger partial charge in [0.1, 0.15) is 0 Å². The smallest absolute Gasteiger partial charge is 0.262 e. The first-order valence-electron chi connectivity index (χ1n) is 8.87. The highest BCUT2D eigenvalue weighted by Gasteiger charge is 2.22. The van der Waals surface area contributed by atoms with Crippen molar-refractivity contribution in [3.8, 4) is 0 Å². The Kier molecular flexibility index (Phi) is 5.95. The summed E-state index contributed by atoms with van der Waals surface area (Å²) in [6, 6.07) is 7.65. The lowest BCUT2D eigenvalue weighted by molar-refractivity contribution is -0.119. The maximum atomic E-state index is 12.8. The van der Waals surface area contributed by atoms with E-state index in [1.165, 1.54) is 11.8 Å². The summed E-state index contributed by atoms with van der Waals surface area (Å²) in [5.41, 5.74) is 6.73. The number of benzene rings is 1. The fraction of sp³-hybridized carbons (Fsp3) is 0.500. The van der Waals surface area contributed by atoms with Crippen LogP contribution in [-0.2, 0) is 11.3 Å². The van der Waals surface area contributed by atoms with E-state index < -0.39 is 0 Å². The van der Waals surface area contributed by atoms with Crippen molar-refractivity contribution in [1.82, 2.24) is 25.7 Å². The number of aromatic nitrogens is 2. The summed E-state index contributed by atoms with van der Waals surface area (Å²) in [5.74, 6) is 0.441. The lowest BCUT2D eigenvalue weighted by Crippen LogP contribution is -2.45. The van der Waals surface area contributed by atoms with E-state index in [0.717, 1.165) is 6.42 Å². The van der Waals surface area contributed by atoms with Gasteiger partial charge in [0.2, 0.25) is 5.91 Å². The monoisotopic (exact) mass is 375 g/mol. The van der Waals surface area contributed by atoms with Crippen molar-refractivity contribution in [3.05, 3.63) is 34.6 Å². The molecule has 2 atom stereocenters. The molecule has 3 N–H and O–H groups in total. The molecule has 2 unspecified atom stereocenters. The predicted molar refractivity (Wildman–Crippen MR) is 104 cm³/mol. The standard InChI is InChI=1S/C18H25N5O2S/c1-11(2)9-23-17(25)13-6-4-5-7-14(13)19-18(23)26-10-16(24)20-15-8-12(3)21-22-15/h4-7,11-12,15,21-22H,8-10H2,1-3H3,(H,20,24). The Morgan fingerprint density at radius 3 is 2.85 bits per heavy atom. The number of nitrogens with zero attached hydrogens (tertiary/aromatic N) is 2. The molecule has 0 saturated carbocycles. The minimum Gasteiger partial charge on any atom is -0.339 e. The molecule has 1 aliphatic heterocycles. The second-order valence-corrected chi connectivity index (χ2v) is 8.00. The van der Waals surface area contributed by atoms with Crippen LogP contribution in [0.25, 0.3) is 10.9 Å². The van der Waals surface area contributed by atoms with E-state index in [-0.39, 0.29) is 23.4 Å². The molecule has 1 aromatic carbocycles. The van der Waals surface area contributed by atoms with Gasteiger partial charge in [0, 0.05) is 12.6 Å². The Labute approximate surface area is 156 Å². The summed E-state index contributed by atoms with van der Waals surface area (Å²) in [5, 5.41) is 4.14. The molecule has 140 valence electrons. The SMILES string of the molecule is CC(C)Cn1c(SCC(=O)NC2CC(C)NN2)nc2ccccc2c1=O. The summed E-state index contributed by atoms with van der Waals surface area (Å²) in [7, 11) is 0. The van der Waals surface area contributed by atoms with Gasteiger partial charge in [-0.15, -0.1) is 0 Å². The Bertz CT molecular complexity index is 851. The van der Waals surface area contributed by atoms with Crippen LogP contribution in [0.1, 0.15) is 27.2 Å². The molecule has 26 heavy (non-hydrogen) atoms. The third kappa shape index (κ3) is 4.44. The van der Waals surface area contributed by atoms with Crippen LogP contribution in [-0.4, -0.2) is 33.4 Å². The van der Waals surface area contributed by atoms with E-state index in [1.54, 1.807) is 10.6 Å². The van der Waals surface area contributed by atoms with Crippen LogP contribution >= 0.6 is 11.8 Å². The summed E-state index contributed by atoms with van der Waals surface area (Å²) >= 11 is 1.30. The van der Waals surface area contributed by atoms with Crippen molar-refractivity contribution >= 4 is 28.6 Å². The molecule has 0 bridgehead atoms. The molecule has 3 rings (SSSR count). The molecule has 1 aliphatic rings. The first-order valence-corrected chi connectivity index (χ1v) is 9.85.